The van der Waals surface area contributed by atoms with E-state index in [1.165, 1.54) is 12.4 Å². The van der Waals surface area contributed by atoms with Crippen LogP contribution < -0.4 is 0 Å². The Kier molecular flexibility index (Phi) is 3.57. The fraction of sp³-hybridized carbons (Fsp3) is 0.0769. The molecule has 0 radical (unpaired) electrons. The average Bonchev–Trinajstić information content (AvgIpc) is 2.40. The second kappa shape index (κ2) is 5.32. The van der Waals surface area contributed by atoms with Gasteiger partial charge in [0.05, 0.1) is 12.3 Å². The first-order valence-electron chi connectivity index (χ1n) is 5.13. The number of benzene rings is 1. The number of rotatable bonds is 3. The van der Waals surface area contributed by atoms with Gasteiger partial charge in [-0.1, -0.05) is 24.3 Å². The average molecular weight is 230 g/mol. The van der Waals surface area contributed by atoms with Gasteiger partial charge >= 0.3 is 0 Å². The summed E-state index contributed by atoms with van der Waals surface area (Å²) < 4.78 is 12.8. The lowest BCUT2D eigenvalue weighted by Crippen LogP contribution is -1.85. The van der Waals surface area contributed by atoms with Gasteiger partial charge in [0.2, 0.25) is 0 Å². The lowest BCUT2D eigenvalue weighted by Gasteiger charge is -2.00. The van der Waals surface area contributed by atoms with Crippen LogP contribution in [-0.4, -0.2) is 21.7 Å². The molecule has 2 aromatic rings. The van der Waals surface area contributed by atoms with Crippen LogP contribution in [0.25, 0.3) is 17.3 Å². The van der Waals surface area contributed by atoms with Gasteiger partial charge in [-0.25, -0.2) is 14.4 Å². The molecule has 1 aromatic carbocycles. The van der Waals surface area contributed by atoms with Gasteiger partial charge in [0.25, 0.3) is 0 Å². The molecule has 0 unspecified atom stereocenters. The number of aromatic nitrogens is 2. The monoisotopic (exact) mass is 230 g/mol. The summed E-state index contributed by atoms with van der Waals surface area (Å²) in [5.41, 5.74) is 2.46. The van der Waals surface area contributed by atoms with Crippen LogP contribution in [0.1, 0.15) is 5.56 Å². The predicted molar refractivity (Wildman–Crippen MR) is 63.6 cm³/mol. The third-order valence-electron chi connectivity index (χ3n) is 2.26. The smallest absolute Gasteiger partial charge is 0.126 e. The Balaban J connectivity index is 2.25. The maximum atomic E-state index is 12.8. The summed E-state index contributed by atoms with van der Waals surface area (Å²) in [7, 11) is 0. The van der Waals surface area contributed by atoms with Gasteiger partial charge in [-0.2, -0.15) is 0 Å². The van der Waals surface area contributed by atoms with E-state index in [2.05, 4.69) is 9.97 Å². The largest absolute Gasteiger partial charge is 0.389 e. The number of hydrogen-bond acceptors (Lipinski definition) is 3. The molecular weight excluding hydrogens is 219 g/mol. The molecule has 1 heterocycles. The van der Waals surface area contributed by atoms with Crippen molar-refractivity contribution in [3.8, 4) is 11.3 Å². The van der Waals surface area contributed by atoms with Crippen molar-refractivity contribution in [3.63, 3.8) is 0 Å². The van der Waals surface area contributed by atoms with Gasteiger partial charge in [0.15, 0.2) is 0 Å². The molecule has 0 fully saturated rings. The van der Waals surface area contributed by atoms with E-state index >= 15 is 0 Å². The van der Waals surface area contributed by atoms with Crippen LogP contribution in [0.4, 0.5) is 4.39 Å². The van der Waals surface area contributed by atoms with Crippen molar-refractivity contribution in [3.05, 3.63) is 54.2 Å². The molecule has 0 aliphatic heterocycles. The van der Waals surface area contributed by atoms with Gasteiger partial charge in [-0.15, -0.1) is 0 Å². The Morgan fingerprint density at radius 2 is 2.00 bits per heavy atom. The zero-order chi connectivity index (χ0) is 12.1. The van der Waals surface area contributed by atoms with Crippen molar-refractivity contribution in [2.45, 2.75) is 0 Å². The molecule has 0 atom stereocenters. The van der Waals surface area contributed by atoms with E-state index < -0.39 is 12.4 Å². The SMILES string of the molecule is OC/C(F)=C/c1ccc(-c2ccncn2)cc1. The fourth-order valence-corrected chi connectivity index (χ4v) is 1.44. The molecule has 0 spiro atoms. The first-order chi connectivity index (χ1) is 8.29. The van der Waals surface area contributed by atoms with E-state index in [4.69, 9.17) is 5.11 Å². The van der Waals surface area contributed by atoms with Gasteiger partial charge < -0.3 is 5.11 Å². The van der Waals surface area contributed by atoms with E-state index in [0.717, 1.165) is 11.3 Å². The lowest BCUT2D eigenvalue weighted by molar-refractivity contribution is 0.300. The minimum atomic E-state index is -0.576. The highest BCUT2D eigenvalue weighted by atomic mass is 19.1. The molecule has 4 heteroatoms. The number of aliphatic hydroxyl groups is 1. The van der Waals surface area contributed by atoms with Crippen molar-refractivity contribution < 1.29 is 9.50 Å². The summed E-state index contributed by atoms with van der Waals surface area (Å²) in [4.78, 5) is 7.96. The number of halogens is 1. The van der Waals surface area contributed by atoms with Gasteiger partial charge in [0.1, 0.15) is 12.2 Å². The third kappa shape index (κ3) is 2.95. The highest BCUT2D eigenvalue weighted by Crippen LogP contribution is 2.17. The van der Waals surface area contributed by atoms with Crippen molar-refractivity contribution in [2.75, 3.05) is 6.61 Å². The quantitative estimate of drug-likeness (QED) is 0.880. The Morgan fingerprint density at radius 3 is 2.59 bits per heavy atom. The zero-order valence-corrected chi connectivity index (χ0v) is 9.05. The number of aliphatic hydroxyl groups excluding tert-OH is 1. The summed E-state index contributed by atoms with van der Waals surface area (Å²) in [5.74, 6) is -0.556. The molecule has 1 N–H and O–H groups in total. The third-order valence-corrected chi connectivity index (χ3v) is 2.26. The van der Waals surface area contributed by atoms with E-state index in [1.54, 1.807) is 24.4 Å². The molecule has 0 aliphatic rings. The lowest BCUT2D eigenvalue weighted by atomic mass is 10.1. The normalized spacial score (nSPS) is 11.5. The van der Waals surface area contributed by atoms with Gasteiger partial charge in [-0.05, 0) is 17.7 Å². The zero-order valence-electron chi connectivity index (χ0n) is 9.05. The van der Waals surface area contributed by atoms with Crippen LogP contribution in [0.2, 0.25) is 0 Å². The summed E-state index contributed by atoms with van der Waals surface area (Å²) in [6.45, 7) is -0.576. The summed E-state index contributed by atoms with van der Waals surface area (Å²) in [6.07, 6.45) is 4.44. The number of nitrogens with zero attached hydrogens (tertiary/aromatic N) is 2. The van der Waals surface area contributed by atoms with Crippen LogP contribution in [0.15, 0.2) is 48.7 Å². The van der Waals surface area contributed by atoms with Gasteiger partial charge in [-0.3, -0.25) is 0 Å². The molecule has 1 aromatic heterocycles. The number of hydrogen-bond donors (Lipinski definition) is 1. The van der Waals surface area contributed by atoms with Crippen molar-refractivity contribution in [1.82, 2.24) is 9.97 Å². The molecule has 3 nitrogen and oxygen atoms in total. The summed E-state index contributed by atoms with van der Waals surface area (Å²) >= 11 is 0. The molecule has 17 heavy (non-hydrogen) atoms. The van der Waals surface area contributed by atoms with Crippen LogP contribution in [0, 0.1) is 0 Å². The van der Waals surface area contributed by atoms with Crippen LogP contribution in [-0.2, 0) is 0 Å². The maximum absolute atomic E-state index is 12.8. The Morgan fingerprint density at radius 1 is 1.24 bits per heavy atom. The molecule has 0 aliphatic carbocycles. The van der Waals surface area contributed by atoms with Crippen LogP contribution in [0.3, 0.4) is 0 Å². The molecule has 0 bridgehead atoms. The molecule has 0 saturated carbocycles. The first-order valence-corrected chi connectivity index (χ1v) is 5.13. The predicted octanol–water partition coefficient (Wildman–Crippen LogP) is 2.45. The maximum Gasteiger partial charge on any atom is 0.126 e. The van der Waals surface area contributed by atoms with Crippen molar-refractivity contribution in [2.24, 2.45) is 0 Å². The molecule has 86 valence electrons. The molecule has 0 amide bonds. The minimum Gasteiger partial charge on any atom is -0.389 e. The van der Waals surface area contributed by atoms with Crippen LogP contribution >= 0.6 is 0 Å². The molecule has 2 rings (SSSR count). The highest BCUT2D eigenvalue weighted by molar-refractivity contribution is 5.62. The minimum absolute atomic E-state index is 0.556. The first kappa shape index (κ1) is 11.4. The second-order valence-electron chi connectivity index (χ2n) is 3.47. The van der Waals surface area contributed by atoms with E-state index in [0.29, 0.717) is 5.56 Å². The van der Waals surface area contributed by atoms with E-state index in [9.17, 15) is 4.39 Å². The topological polar surface area (TPSA) is 46.0 Å². The summed E-state index contributed by atoms with van der Waals surface area (Å²) in [6, 6.07) is 9.04. The van der Waals surface area contributed by atoms with Crippen molar-refractivity contribution in [1.29, 1.82) is 0 Å². The summed E-state index contributed by atoms with van der Waals surface area (Å²) in [5, 5.41) is 8.57. The fourth-order valence-electron chi connectivity index (χ4n) is 1.44. The van der Waals surface area contributed by atoms with Crippen LogP contribution in [0.5, 0.6) is 0 Å². The van der Waals surface area contributed by atoms with E-state index in [-0.39, 0.29) is 0 Å². The van der Waals surface area contributed by atoms with Crippen molar-refractivity contribution >= 4 is 6.08 Å². The Labute approximate surface area is 98.3 Å². The van der Waals surface area contributed by atoms with E-state index in [1.807, 2.05) is 12.1 Å². The Hall–Kier alpha value is -2.07. The molecular formula is C13H11FN2O. The molecule has 0 saturated heterocycles. The standard InChI is InChI=1S/C13H11FN2O/c14-12(8-17)7-10-1-3-11(4-2-10)13-5-6-15-9-16-13/h1-7,9,17H,8H2/b12-7-. The highest BCUT2D eigenvalue weighted by Gasteiger charge is 1.98. The second-order valence-corrected chi connectivity index (χ2v) is 3.47. The Bertz CT molecular complexity index is 509. The van der Waals surface area contributed by atoms with Gasteiger partial charge in [0, 0.05) is 11.8 Å².